The summed E-state index contributed by atoms with van der Waals surface area (Å²) in [6, 6.07) is 14.5. The first-order chi connectivity index (χ1) is 9.54. The van der Waals surface area contributed by atoms with Crippen LogP contribution in [0.25, 0.3) is 0 Å². The molecule has 0 spiro atoms. The van der Waals surface area contributed by atoms with Gasteiger partial charge in [0.15, 0.2) is 0 Å². The van der Waals surface area contributed by atoms with E-state index in [1.165, 1.54) is 0 Å². The Morgan fingerprint density at radius 1 is 1.10 bits per heavy atom. The van der Waals surface area contributed by atoms with Crippen LogP contribution < -0.4 is 5.73 Å². The molecule has 2 aromatic rings. The molecule has 0 aromatic heterocycles. The second-order valence-electron chi connectivity index (χ2n) is 4.31. The summed E-state index contributed by atoms with van der Waals surface area (Å²) >= 11 is 11.9. The monoisotopic (exact) mass is 309 g/mol. The smallest absolute Gasteiger partial charge is 0.405 e. The van der Waals surface area contributed by atoms with Crippen molar-refractivity contribution in [2.24, 2.45) is 5.73 Å². The van der Waals surface area contributed by atoms with Crippen LogP contribution in [0.2, 0.25) is 10.0 Å². The topological polar surface area (TPSA) is 52.3 Å². The Bertz CT molecular complexity index is 616. The summed E-state index contributed by atoms with van der Waals surface area (Å²) in [6.07, 6.45) is -0.842. The van der Waals surface area contributed by atoms with Crippen molar-refractivity contribution in [1.82, 2.24) is 0 Å². The molecule has 0 heterocycles. The quantitative estimate of drug-likeness (QED) is 0.911. The maximum atomic E-state index is 11.1. The van der Waals surface area contributed by atoms with Gasteiger partial charge in [0.2, 0.25) is 0 Å². The van der Waals surface area contributed by atoms with Gasteiger partial charge in [0.05, 0.1) is 0 Å². The minimum Gasteiger partial charge on any atom is -0.441 e. The third-order valence-corrected chi connectivity index (χ3v) is 3.26. The zero-order valence-electron chi connectivity index (χ0n) is 10.6. The summed E-state index contributed by atoms with van der Waals surface area (Å²) < 4.78 is 5.17. The molecule has 0 radical (unpaired) electrons. The van der Waals surface area contributed by atoms with Gasteiger partial charge >= 0.3 is 6.09 Å². The highest BCUT2D eigenvalue weighted by Gasteiger charge is 2.16. The number of hydrogen-bond donors (Lipinski definition) is 1. The van der Waals surface area contributed by atoms with Crippen LogP contribution in [-0.4, -0.2) is 6.09 Å². The standard InChI is InChI=1S/C15H13Cl2NO2/c16-12-5-1-3-10(7-12)8-14(20-15(18)19)11-4-2-6-13(17)9-11/h1-7,9,14H,8H2,(H2,18,19). The van der Waals surface area contributed by atoms with E-state index in [0.717, 1.165) is 11.1 Å². The average Bonchev–Trinajstić information content (AvgIpc) is 2.37. The van der Waals surface area contributed by atoms with Gasteiger partial charge in [0.25, 0.3) is 0 Å². The fourth-order valence-electron chi connectivity index (χ4n) is 1.95. The van der Waals surface area contributed by atoms with E-state index in [1.54, 1.807) is 24.3 Å². The second-order valence-corrected chi connectivity index (χ2v) is 5.19. The first-order valence-electron chi connectivity index (χ1n) is 6.00. The Hall–Kier alpha value is -1.71. The fourth-order valence-corrected chi connectivity index (χ4v) is 2.36. The lowest BCUT2D eigenvalue weighted by Gasteiger charge is -2.17. The largest absolute Gasteiger partial charge is 0.441 e. The van der Waals surface area contributed by atoms with Crippen LogP contribution in [0, 0.1) is 0 Å². The van der Waals surface area contributed by atoms with Gasteiger partial charge in [-0.1, -0.05) is 47.5 Å². The highest BCUT2D eigenvalue weighted by atomic mass is 35.5. The molecule has 5 heteroatoms. The Balaban J connectivity index is 2.26. The van der Waals surface area contributed by atoms with Gasteiger partial charge in [0, 0.05) is 16.5 Å². The van der Waals surface area contributed by atoms with Crippen LogP contribution in [0.1, 0.15) is 17.2 Å². The number of carbonyl (C=O) groups excluding carboxylic acids is 1. The molecular weight excluding hydrogens is 297 g/mol. The van der Waals surface area contributed by atoms with E-state index < -0.39 is 12.2 Å². The molecule has 2 aromatic carbocycles. The molecule has 0 bridgehead atoms. The van der Waals surface area contributed by atoms with Gasteiger partial charge in [0.1, 0.15) is 6.10 Å². The molecule has 0 aliphatic heterocycles. The zero-order chi connectivity index (χ0) is 14.5. The normalized spacial score (nSPS) is 11.9. The molecule has 0 saturated carbocycles. The predicted molar refractivity (Wildman–Crippen MR) is 80.0 cm³/mol. The van der Waals surface area contributed by atoms with Crippen molar-refractivity contribution in [2.45, 2.75) is 12.5 Å². The highest BCUT2D eigenvalue weighted by Crippen LogP contribution is 2.25. The predicted octanol–water partition coefficient (Wildman–Crippen LogP) is 4.37. The van der Waals surface area contributed by atoms with Gasteiger partial charge < -0.3 is 10.5 Å². The van der Waals surface area contributed by atoms with Crippen LogP contribution >= 0.6 is 23.2 Å². The first-order valence-corrected chi connectivity index (χ1v) is 6.76. The molecule has 104 valence electrons. The van der Waals surface area contributed by atoms with E-state index in [0.29, 0.717) is 16.5 Å². The average molecular weight is 310 g/mol. The van der Waals surface area contributed by atoms with Crippen LogP contribution in [0.3, 0.4) is 0 Å². The van der Waals surface area contributed by atoms with Crippen LogP contribution in [0.5, 0.6) is 0 Å². The van der Waals surface area contributed by atoms with Crippen molar-refractivity contribution >= 4 is 29.3 Å². The van der Waals surface area contributed by atoms with Crippen molar-refractivity contribution in [3.05, 3.63) is 69.7 Å². The molecule has 1 atom stereocenters. The number of benzene rings is 2. The van der Waals surface area contributed by atoms with E-state index in [1.807, 2.05) is 24.3 Å². The molecule has 0 fully saturated rings. The molecule has 0 aliphatic carbocycles. The molecular formula is C15H13Cl2NO2. The van der Waals surface area contributed by atoms with Crippen LogP contribution in [0.15, 0.2) is 48.5 Å². The van der Waals surface area contributed by atoms with Crippen molar-refractivity contribution in [1.29, 1.82) is 0 Å². The molecule has 2 rings (SSSR count). The Kier molecular flexibility index (Phi) is 4.88. The zero-order valence-corrected chi connectivity index (χ0v) is 12.1. The van der Waals surface area contributed by atoms with Crippen molar-refractivity contribution < 1.29 is 9.53 Å². The number of amides is 1. The van der Waals surface area contributed by atoms with E-state index in [-0.39, 0.29) is 0 Å². The van der Waals surface area contributed by atoms with Crippen molar-refractivity contribution in [2.75, 3.05) is 0 Å². The molecule has 20 heavy (non-hydrogen) atoms. The van der Waals surface area contributed by atoms with Gasteiger partial charge in [-0.15, -0.1) is 0 Å². The molecule has 1 amide bonds. The van der Waals surface area contributed by atoms with Gasteiger partial charge in [-0.2, -0.15) is 0 Å². The van der Waals surface area contributed by atoms with Crippen LogP contribution in [0.4, 0.5) is 4.79 Å². The molecule has 3 nitrogen and oxygen atoms in total. The lowest BCUT2D eigenvalue weighted by atomic mass is 10.0. The number of halogens is 2. The van der Waals surface area contributed by atoms with Gasteiger partial charge in [-0.25, -0.2) is 4.79 Å². The Morgan fingerprint density at radius 3 is 2.35 bits per heavy atom. The van der Waals surface area contributed by atoms with Crippen molar-refractivity contribution in [3.63, 3.8) is 0 Å². The van der Waals surface area contributed by atoms with Crippen LogP contribution in [-0.2, 0) is 11.2 Å². The molecule has 0 saturated heterocycles. The maximum Gasteiger partial charge on any atom is 0.405 e. The number of hydrogen-bond acceptors (Lipinski definition) is 2. The molecule has 0 aliphatic rings. The second kappa shape index (κ2) is 6.64. The number of carbonyl (C=O) groups is 1. The summed E-state index contributed by atoms with van der Waals surface area (Å²) in [5.41, 5.74) is 6.87. The number of nitrogens with two attached hydrogens (primary N) is 1. The maximum absolute atomic E-state index is 11.1. The molecule has 1 unspecified atom stereocenters. The minimum absolute atomic E-state index is 0.476. The summed E-state index contributed by atoms with van der Waals surface area (Å²) in [5.74, 6) is 0. The summed E-state index contributed by atoms with van der Waals surface area (Å²) in [6.45, 7) is 0. The molecule has 2 N–H and O–H groups in total. The highest BCUT2D eigenvalue weighted by molar-refractivity contribution is 6.30. The third-order valence-electron chi connectivity index (χ3n) is 2.79. The lowest BCUT2D eigenvalue weighted by Crippen LogP contribution is -2.19. The van der Waals surface area contributed by atoms with Gasteiger partial charge in [-0.05, 0) is 35.4 Å². The first kappa shape index (κ1) is 14.7. The SMILES string of the molecule is NC(=O)OC(Cc1cccc(Cl)c1)c1cccc(Cl)c1. The van der Waals surface area contributed by atoms with E-state index in [9.17, 15) is 4.79 Å². The summed E-state index contributed by atoms with van der Waals surface area (Å²) in [5, 5.41) is 1.21. The summed E-state index contributed by atoms with van der Waals surface area (Å²) in [4.78, 5) is 11.1. The third kappa shape index (κ3) is 4.15. The van der Waals surface area contributed by atoms with Gasteiger partial charge in [-0.3, -0.25) is 0 Å². The fraction of sp³-hybridized carbons (Fsp3) is 0.133. The van der Waals surface area contributed by atoms with E-state index in [4.69, 9.17) is 33.7 Å². The summed E-state index contributed by atoms with van der Waals surface area (Å²) in [7, 11) is 0. The minimum atomic E-state index is -0.822. The Morgan fingerprint density at radius 2 is 1.75 bits per heavy atom. The van der Waals surface area contributed by atoms with Crippen molar-refractivity contribution in [3.8, 4) is 0 Å². The number of primary amides is 1. The number of ether oxygens (including phenoxy) is 1. The van der Waals surface area contributed by atoms with E-state index >= 15 is 0 Å². The van der Waals surface area contributed by atoms with E-state index in [2.05, 4.69) is 0 Å². The Labute approximate surface area is 127 Å². The number of rotatable bonds is 4. The lowest BCUT2D eigenvalue weighted by molar-refractivity contribution is 0.106.